The van der Waals surface area contributed by atoms with Gasteiger partial charge < -0.3 is 5.73 Å². The molecule has 2 N–H and O–H groups in total. The molecule has 0 spiro atoms. The number of nitrogens with two attached hydrogens (primary N) is 1. The van der Waals surface area contributed by atoms with Crippen LogP contribution < -0.4 is 5.73 Å². The number of nitrogens with zero attached hydrogens (tertiary/aromatic N) is 1. The summed E-state index contributed by atoms with van der Waals surface area (Å²) in [6.07, 6.45) is 5.54. The van der Waals surface area contributed by atoms with Crippen LogP contribution in [-0.4, -0.2) is 4.98 Å². The third-order valence-corrected chi connectivity index (χ3v) is 4.42. The van der Waals surface area contributed by atoms with Crippen molar-refractivity contribution in [2.24, 2.45) is 0 Å². The van der Waals surface area contributed by atoms with Gasteiger partial charge in [0.1, 0.15) is 5.82 Å². The van der Waals surface area contributed by atoms with E-state index < -0.39 is 0 Å². The van der Waals surface area contributed by atoms with Crippen molar-refractivity contribution >= 4 is 17.3 Å². The minimum absolute atomic E-state index is 0.195. The molecule has 0 fully saturated rings. The molecule has 1 aliphatic rings. The Kier molecular flexibility index (Phi) is 3.62. The maximum absolute atomic E-state index is 13.7. The molecule has 0 saturated carbocycles. The summed E-state index contributed by atoms with van der Waals surface area (Å²) >= 11 is 0. The van der Waals surface area contributed by atoms with Crippen LogP contribution in [0.5, 0.6) is 0 Å². The van der Waals surface area contributed by atoms with Crippen LogP contribution in [0.1, 0.15) is 27.9 Å². The van der Waals surface area contributed by atoms with Gasteiger partial charge in [-0.15, -0.1) is 0 Å². The lowest BCUT2D eigenvalue weighted by Crippen LogP contribution is -1.95. The highest BCUT2D eigenvalue weighted by atomic mass is 19.1. The maximum Gasteiger partial charge on any atom is 0.123 e. The van der Waals surface area contributed by atoms with Crippen LogP contribution in [0.2, 0.25) is 0 Å². The summed E-state index contributed by atoms with van der Waals surface area (Å²) < 4.78 is 13.7. The number of anilines is 1. The summed E-state index contributed by atoms with van der Waals surface area (Å²) in [5.41, 5.74) is 12.9. The third-order valence-electron chi connectivity index (χ3n) is 4.42. The van der Waals surface area contributed by atoms with E-state index in [9.17, 15) is 4.39 Å². The van der Waals surface area contributed by atoms with Gasteiger partial charge in [-0.25, -0.2) is 4.39 Å². The summed E-state index contributed by atoms with van der Waals surface area (Å²) in [5.74, 6) is -0.195. The maximum atomic E-state index is 13.7. The Morgan fingerprint density at radius 1 is 0.958 bits per heavy atom. The highest BCUT2D eigenvalue weighted by Crippen LogP contribution is 2.34. The number of rotatable bonds is 1. The number of hydrogen-bond acceptors (Lipinski definition) is 2. The lowest BCUT2D eigenvalue weighted by Gasteiger charge is -2.12. The van der Waals surface area contributed by atoms with E-state index in [2.05, 4.69) is 17.1 Å². The van der Waals surface area contributed by atoms with Gasteiger partial charge in [-0.2, -0.15) is 0 Å². The topological polar surface area (TPSA) is 38.9 Å². The van der Waals surface area contributed by atoms with Gasteiger partial charge >= 0.3 is 0 Å². The Balaban J connectivity index is 1.95. The van der Waals surface area contributed by atoms with Crippen molar-refractivity contribution < 1.29 is 4.39 Å². The minimum Gasteiger partial charge on any atom is -0.399 e. The number of nitrogen functional groups attached to an aromatic ring is 1. The zero-order valence-corrected chi connectivity index (χ0v) is 13.2. The predicted molar refractivity (Wildman–Crippen MR) is 95.9 cm³/mol. The number of aromatic nitrogens is 1. The second-order valence-electron chi connectivity index (χ2n) is 6.02. The molecule has 24 heavy (non-hydrogen) atoms. The zero-order chi connectivity index (χ0) is 16.5. The van der Waals surface area contributed by atoms with Crippen LogP contribution in [0.3, 0.4) is 0 Å². The molecular weight excluding hydrogens is 299 g/mol. The van der Waals surface area contributed by atoms with E-state index >= 15 is 0 Å². The molecule has 1 aliphatic carbocycles. The molecule has 1 heterocycles. The van der Waals surface area contributed by atoms with Gasteiger partial charge in [0, 0.05) is 23.1 Å². The molecule has 0 atom stereocenters. The highest BCUT2D eigenvalue weighted by Gasteiger charge is 2.19. The van der Waals surface area contributed by atoms with Crippen LogP contribution in [-0.2, 0) is 12.8 Å². The number of benzene rings is 2. The fraction of sp³-hybridized carbons (Fsp3) is 0.0952. The fourth-order valence-electron chi connectivity index (χ4n) is 3.23. The Morgan fingerprint density at radius 2 is 1.79 bits per heavy atom. The molecule has 0 radical (unpaired) electrons. The van der Waals surface area contributed by atoms with Crippen LogP contribution >= 0.6 is 0 Å². The monoisotopic (exact) mass is 316 g/mol. The average Bonchev–Trinajstić information content (AvgIpc) is 2.74. The second-order valence-corrected chi connectivity index (χ2v) is 6.02. The number of halogens is 1. The smallest absolute Gasteiger partial charge is 0.123 e. The van der Waals surface area contributed by atoms with Crippen molar-refractivity contribution in [2.75, 3.05) is 5.73 Å². The standard InChI is InChI=1S/C21H17FN2/c22-16-6-9-18-15(13-16)5-10-21-19(2-1-11-24-21)20(18)12-14-3-7-17(23)8-4-14/h1-4,6-9,11-13H,5,10,23H2/b20-12+. The quantitative estimate of drug-likeness (QED) is 0.672. The molecule has 0 unspecified atom stereocenters. The largest absolute Gasteiger partial charge is 0.399 e. The van der Waals surface area contributed by atoms with Crippen LogP contribution in [0.15, 0.2) is 60.8 Å². The first kappa shape index (κ1) is 14.6. The number of pyridine rings is 1. The average molecular weight is 316 g/mol. The van der Waals surface area contributed by atoms with Crippen molar-refractivity contribution in [3.8, 4) is 0 Å². The van der Waals surface area contributed by atoms with Crippen molar-refractivity contribution in [3.63, 3.8) is 0 Å². The molecule has 0 amide bonds. The first-order valence-corrected chi connectivity index (χ1v) is 8.01. The predicted octanol–water partition coefficient (Wildman–Crippen LogP) is 4.49. The molecule has 0 aliphatic heterocycles. The first-order valence-electron chi connectivity index (χ1n) is 8.01. The molecule has 1 aromatic heterocycles. The van der Waals surface area contributed by atoms with E-state index in [0.717, 1.165) is 52.0 Å². The van der Waals surface area contributed by atoms with E-state index in [1.54, 1.807) is 6.07 Å². The van der Waals surface area contributed by atoms with Gasteiger partial charge in [-0.05, 0) is 71.5 Å². The SMILES string of the molecule is Nc1ccc(/C=C2\c3ccc(F)cc3CCc3ncccc32)cc1. The summed E-state index contributed by atoms with van der Waals surface area (Å²) in [6, 6.07) is 16.8. The van der Waals surface area contributed by atoms with Crippen LogP contribution in [0, 0.1) is 5.82 Å². The number of fused-ring (bicyclic) bond motifs is 2. The van der Waals surface area contributed by atoms with Crippen LogP contribution in [0.4, 0.5) is 10.1 Å². The minimum atomic E-state index is -0.195. The Morgan fingerprint density at radius 3 is 2.62 bits per heavy atom. The second kappa shape index (κ2) is 5.93. The van der Waals surface area contributed by atoms with E-state index in [4.69, 9.17) is 5.73 Å². The summed E-state index contributed by atoms with van der Waals surface area (Å²) in [6.45, 7) is 0. The van der Waals surface area contributed by atoms with Crippen molar-refractivity contribution in [1.29, 1.82) is 0 Å². The van der Waals surface area contributed by atoms with Crippen molar-refractivity contribution in [3.05, 3.63) is 94.6 Å². The van der Waals surface area contributed by atoms with Gasteiger partial charge in [0.2, 0.25) is 0 Å². The zero-order valence-electron chi connectivity index (χ0n) is 13.2. The van der Waals surface area contributed by atoms with Gasteiger partial charge in [-0.3, -0.25) is 4.98 Å². The van der Waals surface area contributed by atoms with E-state index in [0.29, 0.717) is 0 Å². The molecule has 0 bridgehead atoms. The molecule has 3 aromatic rings. The van der Waals surface area contributed by atoms with Crippen molar-refractivity contribution in [1.82, 2.24) is 4.98 Å². The van der Waals surface area contributed by atoms with E-state index in [-0.39, 0.29) is 5.82 Å². The molecular formula is C21H17FN2. The molecule has 118 valence electrons. The van der Waals surface area contributed by atoms with Crippen molar-refractivity contribution in [2.45, 2.75) is 12.8 Å². The normalized spacial score (nSPS) is 14.8. The Hall–Kier alpha value is -2.94. The van der Waals surface area contributed by atoms with E-state index in [1.807, 2.05) is 42.6 Å². The van der Waals surface area contributed by atoms with Gasteiger partial charge in [-0.1, -0.05) is 24.3 Å². The number of hydrogen-bond donors (Lipinski definition) is 1. The van der Waals surface area contributed by atoms with E-state index in [1.165, 1.54) is 6.07 Å². The fourth-order valence-corrected chi connectivity index (χ4v) is 3.23. The number of aryl methyl sites for hydroxylation is 2. The Bertz CT molecular complexity index is 927. The molecule has 3 heteroatoms. The third kappa shape index (κ3) is 2.69. The van der Waals surface area contributed by atoms with Gasteiger partial charge in [0.05, 0.1) is 0 Å². The molecule has 4 rings (SSSR count). The molecule has 2 aromatic carbocycles. The summed E-state index contributed by atoms with van der Waals surface area (Å²) in [7, 11) is 0. The first-order chi connectivity index (χ1) is 11.7. The van der Waals surface area contributed by atoms with Gasteiger partial charge in [0.25, 0.3) is 0 Å². The summed E-state index contributed by atoms with van der Waals surface area (Å²) in [4.78, 5) is 4.54. The lowest BCUT2D eigenvalue weighted by atomic mass is 9.93. The van der Waals surface area contributed by atoms with Crippen LogP contribution in [0.25, 0.3) is 11.6 Å². The summed E-state index contributed by atoms with van der Waals surface area (Å²) in [5, 5.41) is 0. The van der Waals surface area contributed by atoms with Gasteiger partial charge in [0.15, 0.2) is 0 Å². The highest BCUT2D eigenvalue weighted by molar-refractivity contribution is 5.93. The Labute approximate surface area is 140 Å². The molecule has 2 nitrogen and oxygen atoms in total. The lowest BCUT2D eigenvalue weighted by molar-refractivity contribution is 0.625. The molecule has 0 saturated heterocycles.